The number of aryl methyl sites for hydroxylation is 1. The van der Waals surface area contributed by atoms with Crippen molar-refractivity contribution in [3.8, 4) is 0 Å². The number of carboxylic acids is 1. The first-order valence-electron chi connectivity index (χ1n) is 5.28. The summed E-state index contributed by atoms with van der Waals surface area (Å²) in [7, 11) is 0. The number of aliphatic carboxylic acids is 1. The van der Waals surface area contributed by atoms with E-state index in [0.717, 1.165) is 17.0 Å². The molecule has 2 heterocycles. The predicted octanol–water partition coefficient (Wildman–Crippen LogP) is 1.26. The average Bonchev–Trinajstić information content (AvgIpc) is 2.62. The Kier molecular flexibility index (Phi) is 3.18. The largest absolute Gasteiger partial charge is 0.481 e. The van der Waals surface area contributed by atoms with Crippen molar-refractivity contribution < 1.29 is 9.90 Å². The summed E-state index contributed by atoms with van der Waals surface area (Å²) < 4.78 is 1.85. The highest BCUT2D eigenvalue weighted by atomic mass is 16.4. The van der Waals surface area contributed by atoms with Gasteiger partial charge in [0.2, 0.25) is 0 Å². The Labute approximate surface area is 98.8 Å². The van der Waals surface area contributed by atoms with Crippen molar-refractivity contribution in [1.29, 1.82) is 0 Å². The van der Waals surface area contributed by atoms with Crippen molar-refractivity contribution in [2.24, 2.45) is 0 Å². The molecule has 0 aliphatic heterocycles. The summed E-state index contributed by atoms with van der Waals surface area (Å²) in [5, 5.41) is 8.85. The number of rotatable bonds is 4. The molecule has 88 valence electrons. The fraction of sp³-hybridized carbons (Fsp3) is 0.250. The van der Waals surface area contributed by atoms with Crippen LogP contribution in [0.3, 0.4) is 0 Å². The maximum absolute atomic E-state index is 10.8. The summed E-state index contributed by atoms with van der Waals surface area (Å²) in [4.78, 5) is 18.9. The van der Waals surface area contributed by atoms with Crippen LogP contribution in [0, 0.1) is 6.92 Å². The van der Waals surface area contributed by atoms with Crippen molar-refractivity contribution in [2.45, 2.75) is 19.9 Å². The summed E-state index contributed by atoms with van der Waals surface area (Å²) in [6.45, 7) is 2.41. The van der Waals surface area contributed by atoms with Gasteiger partial charge in [0, 0.05) is 12.4 Å². The van der Waals surface area contributed by atoms with Crippen LogP contribution >= 0.6 is 0 Å². The van der Waals surface area contributed by atoms with Gasteiger partial charge >= 0.3 is 5.97 Å². The maximum Gasteiger partial charge on any atom is 0.309 e. The topological polar surface area (TPSA) is 68.0 Å². The summed E-state index contributed by atoms with van der Waals surface area (Å²) in [6, 6.07) is 3.81. The second-order valence-corrected chi connectivity index (χ2v) is 3.84. The van der Waals surface area contributed by atoms with Crippen molar-refractivity contribution in [2.75, 3.05) is 0 Å². The van der Waals surface area contributed by atoms with Crippen LogP contribution in [0.2, 0.25) is 0 Å². The first-order chi connectivity index (χ1) is 8.16. The molecule has 0 unspecified atom stereocenters. The molecule has 2 aromatic rings. The van der Waals surface area contributed by atoms with Crippen LogP contribution in [-0.4, -0.2) is 25.6 Å². The van der Waals surface area contributed by atoms with Crippen LogP contribution in [0.5, 0.6) is 0 Å². The van der Waals surface area contributed by atoms with E-state index < -0.39 is 5.97 Å². The lowest BCUT2D eigenvalue weighted by molar-refractivity contribution is -0.136. The number of carbonyl (C=O) groups is 1. The van der Waals surface area contributed by atoms with Gasteiger partial charge in [-0.2, -0.15) is 0 Å². The van der Waals surface area contributed by atoms with Crippen LogP contribution in [0.25, 0.3) is 0 Å². The van der Waals surface area contributed by atoms with Crippen LogP contribution in [-0.2, 0) is 17.8 Å². The monoisotopic (exact) mass is 231 g/mol. The molecule has 5 heteroatoms. The normalized spacial score (nSPS) is 10.4. The molecule has 0 radical (unpaired) electrons. The molecule has 0 amide bonds. The van der Waals surface area contributed by atoms with E-state index in [-0.39, 0.29) is 6.42 Å². The third-order valence-electron chi connectivity index (χ3n) is 2.55. The van der Waals surface area contributed by atoms with Gasteiger partial charge in [-0.25, -0.2) is 4.98 Å². The van der Waals surface area contributed by atoms with Gasteiger partial charge in [-0.3, -0.25) is 9.78 Å². The Morgan fingerprint density at radius 3 is 3.00 bits per heavy atom. The molecule has 5 nitrogen and oxygen atoms in total. The van der Waals surface area contributed by atoms with E-state index in [9.17, 15) is 4.79 Å². The highest BCUT2D eigenvalue weighted by molar-refractivity contribution is 5.69. The van der Waals surface area contributed by atoms with E-state index in [1.165, 1.54) is 0 Å². The van der Waals surface area contributed by atoms with Gasteiger partial charge in [0.05, 0.1) is 30.7 Å². The van der Waals surface area contributed by atoms with Crippen molar-refractivity contribution in [3.05, 3.63) is 47.8 Å². The fourth-order valence-electron chi connectivity index (χ4n) is 1.71. The quantitative estimate of drug-likeness (QED) is 0.860. The lowest BCUT2D eigenvalue weighted by Gasteiger charge is -2.07. The number of hydrogen-bond acceptors (Lipinski definition) is 3. The number of carboxylic acid groups (broad SMARTS) is 1. The highest BCUT2D eigenvalue weighted by Crippen LogP contribution is 2.10. The first-order valence-corrected chi connectivity index (χ1v) is 5.28. The number of nitrogens with zero attached hydrogens (tertiary/aromatic N) is 3. The minimum atomic E-state index is -0.846. The van der Waals surface area contributed by atoms with E-state index in [1.807, 2.05) is 23.6 Å². The molecule has 0 aliphatic carbocycles. The molecule has 2 aromatic heterocycles. The van der Waals surface area contributed by atoms with Crippen molar-refractivity contribution in [3.63, 3.8) is 0 Å². The Morgan fingerprint density at radius 1 is 1.53 bits per heavy atom. The third kappa shape index (κ3) is 2.69. The van der Waals surface area contributed by atoms with E-state index >= 15 is 0 Å². The fourth-order valence-corrected chi connectivity index (χ4v) is 1.71. The van der Waals surface area contributed by atoms with Crippen LogP contribution < -0.4 is 0 Å². The van der Waals surface area contributed by atoms with Crippen molar-refractivity contribution >= 4 is 5.97 Å². The summed E-state index contributed by atoms with van der Waals surface area (Å²) in [5.41, 5.74) is 2.52. The Morgan fingerprint density at radius 2 is 2.35 bits per heavy atom. The number of aromatic nitrogens is 3. The number of imidazole rings is 1. The van der Waals surface area contributed by atoms with Gasteiger partial charge in [-0.05, 0) is 18.6 Å². The smallest absolute Gasteiger partial charge is 0.309 e. The van der Waals surface area contributed by atoms with Gasteiger partial charge in [0.15, 0.2) is 0 Å². The molecule has 0 spiro atoms. The Bertz CT molecular complexity index is 520. The van der Waals surface area contributed by atoms with E-state index in [4.69, 9.17) is 5.11 Å². The molecule has 1 N–H and O–H groups in total. The molecule has 0 atom stereocenters. The third-order valence-corrected chi connectivity index (χ3v) is 2.55. The Hall–Kier alpha value is -2.17. The standard InChI is InChI=1S/C12H13N3O2/c1-9-11(5-12(16)17)15(8-14-9)7-10-3-2-4-13-6-10/h2-4,6,8H,5,7H2,1H3,(H,16,17). The second-order valence-electron chi connectivity index (χ2n) is 3.84. The van der Waals surface area contributed by atoms with Gasteiger partial charge < -0.3 is 9.67 Å². The maximum atomic E-state index is 10.8. The van der Waals surface area contributed by atoms with Gasteiger partial charge in [-0.15, -0.1) is 0 Å². The molecule has 0 bridgehead atoms. The lowest BCUT2D eigenvalue weighted by Crippen LogP contribution is -2.09. The first kappa shape index (κ1) is 11.3. The van der Waals surface area contributed by atoms with Crippen LogP contribution in [0.4, 0.5) is 0 Å². The second kappa shape index (κ2) is 4.78. The van der Waals surface area contributed by atoms with Gasteiger partial charge in [0.25, 0.3) is 0 Å². The zero-order valence-electron chi connectivity index (χ0n) is 9.50. The van der Waals surface area contributed by atoms with Gasteiger partial charge in [0.1, 0.15) is 0 Å². The van der Waals surface area contributed by atoms with E-state index in [1.54, 1.807) is 18.7 Å². The molecule has 17 heavy (non-hydrogen) atoms. The molecule has 0 fully saturated rings. The molecular weight excluding hydrogens is 218 g/mol. The predicted molar refractivity (Wildman–Crippen MR) is 61.6 cm³/mol. The number of hydrogen-bond donors (Lipinski definition) is 1. The summed E-state index contributed by atoms with van der Waals surface area (Å²) in [5.74, 6) is -0.846. The van der Waals surface area contributed by atoms with Gasteiger partial charge in [-0.1, -0.05) is 6.07 Å². The average molecular weight is 231 g/mol. The van der Waals surface area contributed by atoms with Crippen molar-refractivity contribution in [1.82, 2.24) is 14.5 Å². The molecule has 2 rings (SSSR count). The van der Waals surface area contributed by atoms with Crippen LogP contribution in [0.15, 0.2) is 30.9 Å². The molecular formula is C12H13N3O2. The molecule has 0 saturated heterocycles. The lowest BCUT2D eigenvalue weighted by atomic mass is 10.2. The van der Waals surface area contributed by atoms with E-state index in [2.05, 4.69) is 9.97 Å². The highest BCUT2D eigenvalue weighted by Gasteiger charge is 2.11. The minimum Gasteiger partial charge on any atom is -0.481 e. The summed E-state index contributed by atoms with van der Waals surface area (Å²) >= 11 is 0. The SMILES string of the molecule is Cc1ncn(Cc2cccnc2)c1CC(=O)O. The minimum absolute atomic E-state index is 0.00784. The number of pyridine rings is 1. The van der Waals surface area contributed by atoms with E-state index in [0.29, 0.717) is 6.54 Å². The zero-order chi connectivity index (χ0) is 12.3. The zero-order valence-corrected chi connectivity index (χ0v) is 9.50. The van der Waals surface area contributed by atoms with Crippen LogP contribution in [0.1, 0.15) is 17.0 Å². The molecule has 0 aliphatic rings. The summed E-state index contributed by atoms with van der Waals surface area (Å²) in [6.07, 6.45) is 5.13. The molecule has 0 aromatic carbocycles. The molecule has 0 saturated carbocycles. The Balaban J connectivity index is 2.24.